The van der Waals surface area contributed by atoms with E-state index < -0.39 is 0 Å². The van der Waals surface area contributed by atoms with E-state index in [4.69, 9.17) is 4.74 Å². The lowest BCUT2D eigenvalue weighted by Gasteiger charge is -2.53. The van der Waals surface area contributed by atoms with Gasteiger partial charge in [-0.1, -0.05) is 0 Å². The molecule has 0 atom stereocenters. The normalized spacial score (nSPS) is 36.7. The standard InChI is InChI=1S/C17H22N2O2/c1-21-16-8-14(18-9-19-16)7-15(20)17-12-3-10-2-11(5-12)6-13(17)4-10/h8-13,17H,2-7H2,1H3. The summed E-state index contributed by atoms with van der Waals surface area (Å²) in [7, 11) is 1.59. The minimum Gasteiger partial charge on any atom is -0.481 e. The molecule has 0 radical (unpaired) electrons. The largest absolute Gasteiger partial charge is 0.481 e. The van der Waals surface area contributed by atoms with E-state index in [2.05, 4.69) is 9.97 Å². The zero-order chi connectivity index (χ0) is 14.4. The van der Waals surface area contributed by atoms with E-state index in [-0.39, 0.29) is 0 Å². The molecule has 0 aliphatic heterocycles. The van der Waals surface area contributed by atoms with Crippen LogP contribution in [-0.2, 0) is 11.2 Å². The molecule has 0 amide bonds. The summed E-state index contributed by atoms with van der Waals surface area (Å²) in [4.78, 5) is 21.0. The van der Waals surface area contributed by atoms with Crippen molar-refractivity contribution in [2.75, 3.05) is 7.11 Å². The van der Waals surface area contributed by atoms with Crippen molar-refractivity contribution in [3.63, 3.8) is 0 Å². The van der Waals surface area contributed by atoms with Crippen LogP contribution in [0.3, 0.4) is 0 Å². The summed E-state index contributed by atoms with van der Waals surface area (Å²) < 4.78 is 5.11. The van der Waals surface area contributed by atoms with Gasteiger partial charge in [0, 0.05) is 18.4 Å². The summed E-state index contributed by atoms with van der Waals surface area (Å²) in [6.07, 6.45) is 8.50. The molecule has 1 heterocycles. The van der Waals surface area contributed by atoms with Crippen LogP contribution in [0.1, 0.15) is 37.8 Å². The van der Waals surface area contributed by atoms with Gasteiger partial charge in [0.1, 0.15) is 12.1 Å². The predicted molar refractivity (Wildman–Crippen MR) is 77.8 cm³/mol. The fraction of sp³-hybridized carbons (Fsp3) is 0.706. The second kappa shape index (κ2) is 5.08. The van der Waals surface area contributed by atoms with Crippen molar-refractivity contribution < 1.29 is 9.53 Å². The number of hydrogen-bond donors (Lipinski definition) is 0. The Hall–Kier alpha value is -1.45. The molecule has 4 heteroatoms. The van der Waals surface area contributed by atoms with E-state index in [1.165, 1.54) is 38.4 Å². The summed E-state index contributed by atoms with van der Waals surface area (Å²) in [5.41, 5.74) is 0.792. The Kier molecular flexibility index (Phi) is 3.20. The number of carbonyl (C=O) groups is 1. The second-order valence-electron chi connectivity index (χ2n) is 7.15. The van der Waals surface area contributed by atoms with Crippen molar-refractivity contribution in [3.8, 4) is 5.88 Å². The van der Waals surface area contributed by atoms with Crippen molar-refractivity contribution in [2.24, 2.45) is 29.6 Å². The number of Topliss-reactive ketones (excluding diaryl/α,β-unsaturated/α-hetero) is 1. The van der Waals surface area contributed by atoms with Crippen LogP contribution in [0.15, 0.2) is 12.4 Å². The van der Waals surface area contributed by atoms with Gasteiger partial charge < -0.3 is 4.74 Å². The van der Waals surface area contributed by atoms with Crippen LogP contribution in [0.5, 0.6) is 5.88 Å². The third-order valence-corrected chi connectivity index (χ3v) is 5.86. The first-order valence-corrected chi connectivity index (χ1v) is 8.10. The van der Waals surface area contributed by atoms with Crippen LogP contribution in [0, 0.1) is 29.6 Å². The van der Waals surface area contributed by atoms with Crippen LogP contribution in [0.2, 0.25) is 0 Å². The summed E-state index contributed by atoms with van der Waals surface area (Å²) in [5, 5.41) is 0. The Morgan fingerprint density at radius 3 is 2.43 bits per heavy atom. The molecule has 0 aromatic carbocycles. The summed E-state index contributed by atoms with van der Waals surface area (Å²) in [6, 6.07) is 1.79. The summed E-state index contributed by atoms with van der Waals surface area (Å²) in [6.45, 7) is 0. The molecule has 4 bridgehead atoms. The first kappa shape index (κ1) is 13.2. The van der Waals surface area contributed by atoms with E-state index in [1.807, 2.05) is 0 Å². The molecule has 4 aliphatic carbocycles. The molecule has 4 aliphatic rings. The minimum atomic E-state index is 0.291. The average molecular weight is 286 g/mol. The maximum atomic E-state index is 12.8. The number of carbonyl (C=O) groups excluding carboxylic acids is 1. The predicted octanol–water partition coefficient (Wildman–Crippen LogP) is 2.67. The van der Waals surface area contributed by atoms with Crippen LogP contribution in [0.25, 0.3) is 0 Å². The number of aromatic nitrogens is 2. The highest BCUT2D eigenvalue weighted by Gasteiger charge is 2.50. The highest BCUT2D eigenvalue weighted by Crippen LogP contribution is 2.56. The van der Waals surface area contributed by atoms with Gasteiger partial charge in [-0.15, -0.1) is 0 Å². The highest BCUT2D eigenvalue weighted by molar-refractivity contribution is 5.83. The topological polar surface area (TPSA) is 52.1 Å². The first-order valence-electron chi connectivity index (χ1n) is 8.10. The monoisotopic (exact) mass is 286 g/mol. The third kappa shape index (κ3) is 2.34. The smallest absolute Gasteiger partial charge is 0.216 e. The zero-order valence-electron chi connectivity index (χ0n) is 12.5. The Morgan fingerprint density at radius 2 is 1.81 bits per heavy atom. The fourth-order valence-corrected chi connectivity index (χ4v) is 5.33. The molecule has 4 fully saturated rings. The van der Waals surface area contributed by atoms with Gasteiger partial charge in [0.05, 0.1) is 12.8 Å². The van der Waals surface area contributed by atoms with Crippen LogP contribution in [-0.4, -0.2) is 22.9 Å². The van der Waals surface area contributed by atoms with Gasteiger partial charge >= 0.3 is 0 Å². The summed E-state index contributed by atoms with van der Waals surface area (Å²) in [5.74, 6) is 4.35. The number of methoxy groups -OCH3 is 1. The molecule has 21 heavy (non-hydrogen) atoms. The fourth-order valence-electron chi connectivity index (χ4n) is 5.33. The minimum absolute atomic E-state index is 0.291. The molecule has 112 valence electrons. The maximum absolute atomic E-state index is 12.8. The zero-order valence-corrected chi connectivity index (χ0v) is 12.5. The molecule has 0 N–H and O–H groups in total. The van der Waals surface area contributed by atoms with Crippen LogP contribution < -0.4 is 4.74 Å². The van der Waals surface area contributed by atoms with Crippen LogP contribution >= 0.6 is 0 Å². The molecular formula is C17H22N2O2. The Balaban J connectivity index is 1.50. The number of ether oxygens (including phenoxy) is 1. The first-order chi connectivity index (χ1) is 10.2. The number of ketones is 1. The number of nitrogens with zero attached hydrogens (tertiary/aromatic N) is 2. The molecule has 1 aromatic rings. The number of hydrogen-bond acceptors (Lipinski definition) is 4. The van der Waals surface area contributed by atoms with Gasteiger partial charge in [-0.3, -0.25) is 4.79 Å². The molecule has 4 saturated carbocycles. The molecule has 0 saturated heterocycles. The van der Waals surface area contributed by atoms with E-state index in [0.29, 0.717) is 35.8 Å². The van der Waals surface area contributed by atoms with Gasteiger partial charge in [-0.05, 0) is 55.8 Å². The van der Waals surface area contributed by atoms with E-state index >= 15 is 0 Å². The summed E-state index contributed by atoms with van der Waals surface area (Å²) >= 11 is 0. The van der Waals surface area contributed by atoms with E-state index in [1.54, 1.807) is 13.2 Å². The van der Waals surface area contributed by atoms with Gasteiger partial charge in [-0.25, -0.2) is 9.97 Å². The lowest BCUT2D eigenvalue weighted by Crippen LogP contribution is -2.48. The lowest BCUT2D eigenvalue weighted by molar-refractivity contribution is -0.135. The maximum Gasteiger partial charge on any atom is 0.216 e. The average Bonchev–Trinajstić information content (AvgIpc) is 2.46. The second-order valence-corrected chi connectivity index (χ2v) is 7.15. The SMILES string of the molecule is COc1cc(CC(=O)C2C3CC4CC(C3)CC2C4)ncn1. The van der Waals surface area contributed by atoms with E-state index in [0.717, 1.165) is 17.5 Å². The lowest BCUT2D eigenvalue weighted by atomic mass is 9.51. The van der Waals surface area contributed by atoms with E-state index in [9.17, 15) is 4.79 Å². The van der Waals surface area contributed by atoms with Crippen LogP contribution in [0.4, 0.5) is 0 Å². The molecule has 5 rings (SSSR count). The quantitative estimate of drug-likeness (QED) is 0.854. The molecule has 0 spiro atoms. The molecule has 4 nitrogen and oxygen atoms in total. The van der Waals surface area contributed by atoms with Gasteiger partial charge in [0.25, 0.3) is 0 Å². The Bertz CT molecular complexity index is 529. The number of rotatable bonds is 4. The van der Waals surface area contributed by atoms with Crippen molar-refractivity contribution in [1.82, 2.24) is 9.97 Å². The molecule has 1 aromatic heterocycles. The highest BCUT2D eigenvalue weighted by atomic mass is 16.5. The molecular weight excluding hydrogens is 264 g/mol. The Morgan fingerprint density at radius 1 is 1.14 bits per heavy atom. The van der Waals surface area contributed by atoms with Gasteiger partial charge in [-0.2, -0.15) is 0 Å². The Labute approximate surface area is 125 Å². The van der Waals surface area contributed by atoms with Gasteiger partial charge in [0.15, 0.2) is 0 Å². The van der Waals surface area contributed by atoms with Gasteiger partial charge in [0.2, 0.25) is 5.88 Å². The third-order valence-electron chi connectivity index (χ3n) is 5.86. The van der Waals surface area contributed by atoms with Crippen molar-refractivity contribution >= 4 is 5.78 Å². The van der Waals surface area contributed by atoms with Crippen molar-refractivity contribution in [1.29, 1.82) is 0 Å². The van der Waals surface area contributed by atoms with Crippen molar-refractivity contribution in [3.05, 3.63) is 18.1 Å². The van der Waals surface area contributed by atoms with Crippen molar-refractivity contribution in [2.45, 2.75) is 38.5 Å². The molecule has 0 unspecified atom stereocenters.